The van der Waals surface area contributed by atoms with Crippen LogP contribution in [0, 0.1) is 13.8 Å². The molecule has 0 aromatic carbocycles. The van der Waals surface area contributed by atoms with Crippen LogP contribution in [0.1, 0.15) is 50.6 Å². The molecule has 2 heterocycles. The molecule has 20 heavy (non-hydrogen) atoms. The molecule has 0 saturated carbocycles. The van der Waals surface area contributed by atoms with Crippen LogP contribution < -0.4 is 5.32 Å². The second kappa shape index (κ2) is 5.20. The molecule has 1 unspecified atom stereocenters. The summed E-state index contributed by atoms with van der Waals surface area (Å²) >= 11 is 0. The number of carbonyl (C=O) groups excluding carboxylic acids is 1. The van der Waals surface area contributed by atoms with Crippen LogP contribution in [0.3, 0.4) is 0 Å². The van der Waals surface area contributed by atoms with Gasteiger partial charge < -0.3 is 15.4 Å². The molecule has 0 radical (unpaired) electrons. The SMILES string of the molecule is Cc1[nH]c(C(=O)O)c(C)c1C(=O)NC(C)c1cn[nH]c1. The second-order valence-electron chi connectivity index (χ2n) is 4.66. The molecule has 0 aliphatic heterocycles. The third kappa shape index (κ3) is 2.42. The maximum absolute atomic E-state index is 12.3. The number of aromatic amines is 2. The number of nitrogens with zero attached hydrogens (tertiary/aromatic N) is 1. The minimum Gasteiger partial charge on any atom is -0.477 e. The molecule has 0 spiro atoms. The summed E-state index contributed by atoms with van der Waals surface area (Å²) in [7, 11) is 0. The summed E-state index contributed by atoms with van der Waals surface area (Å²) in [6.07, 6.45) is 3.33. The van der Waals surface area contributed by atoms with Gasteiger partial charge in [-0.3, -0.25) is 9.89 Å². The maximum atomic E-state index is 12.3. The lowest BCUT2D eigenvalue weighted by Crippen LogP contribution is -2.27. The monoisotopic (exact) mass is 276 g/mol. The molecule has 7 nitrogen and oxygen atoms in total. The summed E-state index contributed by atoms with van der Waals surface area (Å²) in [5.41, 5.74) is 2.24. The van der Waals surface area contributed by atoms with Crippen molar-refractivity contribution < 1.29 is 14.7 Å². The van der Waals surface area contributed by atoms with Gasteiger partial charge in [-0.15, -0.1) is 0 Å². The van der Waals surface area contributed by atoms with Gasteiger partial charge in [-0.2, -0.15) is 5.10 Å². The van der Waals surface area contributed by atoms with Crippen LogP contribution in [0.15, 0.2) is 12.4 Å². The smallest absolute Gasteiger partial charge is 0.352 e. The number of amides is 1. The molecule has 0 saturated heterocycles. The predicted octanol–water partition coefficient (Wildman–Crippen LogP) is 1.54. The number of aromatic nitrogens is 3. The lowest BCUT2D eigenvalue weighted by molar-refractivity contribution is 0.0690. The van der Waals surface area contributed by atoms with E-state index in [0.29, 0.717) is 16.8 Å². The highest BCUT2D eigenvalue weighted by atomic mass is 16.4. The molecular formula is C13H16N4O3. The second-order valence-corrected chi connectivity index (χ2v) is 4.66. The van der Waals surface area contributed by atoms with E-state index in [2.05, 4.69) is 20.5 Å². The highest BCUT2D eigenvalue weighted by Gasteiger charge is 2.22. The number of rotatable bonds is 4. The molecule has 106 valence electrons. The van der Waals surface area contributed by atoms with E-state index in [-0.39, 0.29) is 17.6 Å². The van der Waals surface area contributed by atoms with E-state index in [1.165, 1.54) is 0 Å². The lowest BCUT2D eigenvalue weighted by Gasteiger charge is -2.12. The molecule has 2 rings (SSSR count). The van der Waals surface area contributed by atoms with E-state index >= 15 is 0 Å². The van der Waals surface area contributed by atoms with Crippen LogP contribution >= 0.6 is 0 Å². The van der Waals surface area contributed by atoms with E-state index in [9.17, 15) is 9.59 Å². The molecule has 1 amide bonds. The van der Waals surface area contributed by atoms with Crippen molar-refractivity contribution in [2.24, 2.45) is 0 Å². The number of hydrogen-bond acceptors (Lipinski definition) is 3. The normalized spacial score (nSPS) is 12.2. The topological polar surface area (TPSA) is 111 Å². The Morgan fingerprint density at radius 3 is 2.60 bits per heavy atom. The van der Waals surface area contributed by atoms with Gasteiger partial charge in [0, 0.05) is 17.5 Å². The summed E-state index contributed by atoms with van der Waals surface area (Å²) in [6, 6.07) is -0.219. The summed E-state index contributed by atoms with van der Waals surface area (Å²) in [5.74, 6) is -1.38. The van der Waals surface area contributed by atoms with Crippen molar-refractivity contribution in [1.29, 1.82) is 0 Å². The van der Waals surface area contributed by atoms with E-state index in [4.69, 9.17) is 5.11 Å². The number of aryl methyl sites for hydroxylation is 1. The Morgan fingerprint density at radius 2 is 2.10 bits per heavy atom. The first-order valence-corrected chi connectivity index (χ1v) is 6.13. The van der Waals surface area contributed by atoms with Gasteiger partial charge in [0.25, 0.3) is 5.91 Å². The quantitative estimate of drug-likeness (QED) is 0.678. The number of nitrogens with one attached hydrogen (secondary N) is 3. The number of carboxylic acids is 1. The largest absolute Gasteiger partial charge is 0.477 e. The highest BCUT2D eigenvalue weighted by Crippen LogP contribution is 2.19. The first-order chi connectivity index (χ1) is 9.41. The van der Waals surface area contributed by atoms with Gasteiger partial charge in [0.2, 0.25) is 0 Å². The van der Waals surface area contributed by atoms with Crippen LogP contribution in [0.4, 0.5) is 0 Å². The number of carboxylic acid groups (broad SMARTS) is 1. The highest BCUT2D eigenvalue weighted by molar-refractivity contribution is 6.00. The minimum absolute atomic E-state index is 0.0450. The van der Waals surface area contributed by atoms with Gasteiger partial charge in [0.05, 0.1) is 17.8 Å². The van der Waals surface area contributed by atoms with Crippen molar-refractivity contribution in [3.8, 4) is 0 Å². The van der Waals surface area contributed by atoms with Crippen LogP contribution in [-0.4, -0.2) is 32.2 Å². The van der Waals surface area contributed by atoms with Crippen molar-refractivity contribution in [2.75, 3.05) is 0 Å². The van der Waals surface area contributed by atoms with Gasteiger partial charge in [0.1, 0.15) is 5.69 Å². The molecule has 0 fully saturated rings. The van der Waals surface area contributed by atoms with E-state index < -0.39 is 5.97 Å². The molecule has 0 aliphatic carbocycles. The summed E-state index contributed by atoms with van der Waals surface area (Å²) in [6.45, 7) is 5.12. The van der Waals surface area contributed by atoms with Crippen molar-refractivity contribution in [1.82, 2.24) is 20.5 Å². The fraction of sp³-hybridized carbons (Fsp3) is 0.308. The average molecular weight is 276 g/mol. The Morgan fingerprint density at radius 1 is 1.40 bits per heavy atom. The first-order valence-electron chi connectivity index (χ1n) is 6.13. The maximum Gasteiger partial charge on any atom is 0.352 e. The molecule has 7 heteroatoms. The van der Waals surface area contributed by atoms with Crippen LogP contribution in [0.5, 0.6) is 0 Å². The molecule has 4 N–H and O–H groups in total. The van der Waals surface area contributed by atoms with E-state index in [1.807, 2.05) is 6.92 Å². The Bertz CT molecular complexity index is 643. The standard InChI is InChI=1S/C13H16N4O3/c1-6-10(8(3)16-11(6)13(19)20)12(18)17-7(2)9-4-14-15-5-9/h4-5,7,16H,1-3H3,(H,14,15)(H,17,18)(H,19,20). The van der Waals surface area contributed by atoms with Gasteiger partial charge in [-0.1, -0.05) is 0 Å². The Hall–Kier alpha value is -2.57. The number of aromatic carboxylic acids is 1. The Kier molecular flexibility index (Phi) is 3.60. The fourth-order valence-corrected chi connectivity index (χ4v) is 2.15. The van der Waals surface area contributed by atoms with Crippen molar-refractivity contribution >= 4 is 11.9 Å². The third-order valence-electron chi connectivity index (χ3n) is 3.25. The van der Waals surface area contributed by atoms with Gasteiger partial charge >= 0.3 is 5.97 Å². The zero-order valence-corrected chi connectivity index (χ0v) is 11.4. The summed E-state index contributed by atoms with van der Waals surface area (Å²) in [4.78, 5) is 26.0. The molecular weight excluding hydrogens is 260 g/mol. The van der Waals surface area contributed by atoms with Gasteiger partial charge in [-0.25, -0.2) is 4.79 Å². The average Bonchev–Trinajstić information content (AvgIpc) is 2.97. The summed E-state index contributed by atoms with van der Waals surface area (Å²) in [5, 5.41) is 18.4. The Balaban J connectivity index is 2.24. The van der Waals surface area contributed by atoms with Crippen LogP contribution in [0.25, 0.3) is 0 Å². The fourth-order valence-electron chi connectivity index (χ4n) is 2.15. The Labute approximate surface area is 115 Å². The van der Waals surface area contributed by atoms with E-state index in [1.54, 1.807) is 26.2 Å². The molecule has 1 atom stereocenters. The van der Waals surface area contributed by atoms with Crippen molar-refractivity contribution in [3.63, 3.8) is 0 Å². The zero-order valence-electron chi connectivity index (χ0n) is 11.4. The summed E-state index contributed by atoms with van der Waals surface area (Å²) < 4.78 is 0. The van der Waals surface area contributed by atoms with Crippen LogP contribution in [-0.2, 0) is 0 Å². The zero-order chi connectivity index (χ0) is 14.9. The van der Waals surface area contributed by atoms with Gasteiger partial charge in [-0.05, 0) is 26.3 Å². The molecule has 0 bridgehead atoms. The van der Waals surface area contributed by atoms with E-state index in [0.717, 1.165) is 5.56 Å². The van der Waals surface area contributed by atoms with Crippen LogP contribution in [0.2, 0.25) is 0 Å². The third-order valence-corrected chi connectivity index (χ3v) is 3.25. The minimum atomic E-state index is -1.08. The number of hydrogen-bond donors (Lipinski definition) is 4. The molecule has 2 aromatic rings. The van der Waals surface area contributed by atoms with Gasteiger partial charge in [0.15, 0.2) is 0 Å². The van der Waals surface area contributed by atoms with Crippen molar-refractivity contribution in [3.05, 3.63) is 40.5 Å². The van der Waals surface area contributed by atoms with Crippen molar-refractivity contribution in [2.45, 2.75) is 26.8 Å². The number of carbonyl (C=O) groups is 2. The first kappa shape index (κ1) is 13.9. The number of H-pyrrole nitrogens is 2. The predicted molar refractivity (Wildman–Crippen MR) is 71.7 cm³/mol. The molecule has 0 aliphatic rings. The lowest BCUT2D eigenvalue weighted by atomic mass is 10.1. The molecule has 2 aromatic heterocycles.